The Balaban J connectivity index is 1.69. The predicted molar refractivity (Wildman–Crippen MR) is 105 cm³/mol. The predicted octanol–water partition coefficient (Wildman–Crippen LogP) is 6.39. The lowest BCUT2D eigenvalue weighted by molar-refractivity contribution is 1.31. The van der Waals surface area contributed by atoms with Crippen molar-refractivity contribution in [1.82, 2.24) is 4.98 Å². The molecular formula is C24H19N. The van der Waals surface area contributed by atoms with Crippen LogP contribution in [0.1, 0.15) is 5.56 Å². The van der Waals surface area contributed by atoms with E-state index in [1.54, 1.807) is 0 Å². The molecule has 0 saturated heterocycles. The summed E-state index contributed by atoms with van der Waals surface area (Å²) in [4.78, 5) is 4.56. The number of aromatic nitrogens is 1. The highest BCUT2D eigenvalue weighted by atomic mass is 14.7. The molecule has 0 atom stereocenters. The minimum Gasteiger partial charge on any atom is -0.256 e. The second-order valence-electron chi connectivity index (χ2n) is 6.19. The van der Waals surface area contributed by atoms with Crippen LogP contribution >= 0.6 is 0 Å². The van der Waals surface area contributed by atoms with Gasteiger partial charge in [-0.2, -0.15) is 0 Å². The van der Waals surface area contributed by atoms with Gasteiger partial charge in [0.15, 0.2) is 0 Å². The lowest BCUT2D eigenvalue weighted by atomic mass is 9.99. The van der Waals surface area contributed by atoms with E-state index in [2.05, 4.69) is 96.8 Å². The van der Waals surface area contributed by atoms with Gasteiger partial charge in [0.1, 0.15) is 0 Å². The average molecular weight is 321 g/mol. The fraction of sp³-hybridized carbons (Fsp3) is 0.0417. The van der Waals surface area contributed by atoms with Gasteiger partial charge in [0.2, 0.25) is 0 Å². The monoisotopic (exact) mass is 321 g/mol. The second kappa shape index (κ2) is 6.74. The lowest BCUT2D eigenvalue weighted by Gasteiger charge is -2.08. The molecule has 0 N–H and O–H groups in total. The highest BCUT2D eigenvalue weighted by Gasteiger charge is 2.05. The molecule has 1 heterocycles. The third-order valence-electron chi connectivity index (χ3n) is 4.51. The Bertz CT molecular complexity index is 986. The summed E-state index contributed by atoms with van der Waals surface area (Å²) in [6.45, 7) is 2.12. The smallest absolute Gasteiger partial charge is 0.0710 e. The number of pyridine rings is 1. The molecule has 25 heavy (non-hydrogen) atoms. The van der Waals surface area contributed by atoms with Gasteiger partial charge in [-0.1, -0.05) is 78.9 Å². The SMILES string of the molecule is Cc1ccccc1-c1cc(-c2ccc(-c3ccccc3)cc2)ccn1. The van der Waals surface area contributed by atoms with E-state index in [-0.39, 0.29) is 0 Å². The highest BCUT2D eigenvalue weighted by molar-refractivity contribution is 5.74. The van der Waals surface area contributed by atoms with Crippen LogP contribution < -0.4 is 0 Å². The van der Waals surface area contributed by atoms with Gasteiger partial charge in [-0.05, 0) is 46.9 Å². The van der Waals surface area contributed by atoms with Gasteiger partial charge in [-0.15, -0.1) is 0 Å². The molecule has 0 aliphatic rings. The van der Waals surface area contributed by atoms with Crippen LogP contribution in [0.4, 0.5) is 0 Å². The molecule has 0 aliphatic heterocycles. The zero-order valence-corrected chi connectivity index (χ0v) is 14.2. The van der Waals surface area contributed by atoms with E-state index in [4.69, 9.17) is 0 Å². The number of rotatable bonds is 3. The zero-order valence-electron chi connectivity index (χ0n) is 14.2. The largest absolute Gasteiger partial charge is 0.256 e. The molecule has 0 saturated carbocycles. The third kappa shape index (κ3) is 3.22. The lowest BCUT2D eigenvalue weighted by Crippen LogP contribution is -1.88. The summed E-state index contributed by atoms with van der Waals surface area (Å²) >= 11 is 0. The maximum Gasteiger partial charge on any atom is 0.0710 e. The van der Waals surface area contributed by atoms with E-state index >= 15 is 0 Å². The molecule has 0 aliphatic carbocycles. The van der Waals surface area contributed by atoms with Crippen LogP contribution in [0.15, 0.2) is 97.2 Å². The number of nitrogens with zero attached hydrogens (tertiary/aromatic N) is 1. The summed E-state index contributed by atoms with van der Waals surface area (Å²) < 4.78 is 0. The Kier molecular flexibility index (Phi) is 4.14. The third-order valence-corrected chi connectivity index (χ3v) is 4.51. The van der Waals surface area contributed by atoms with Crippen molar-refractivity contribution in [2.75, 3.05) is 0 Å². The average Bonchev–Trinajstić information content (AvgIpc) is 2.69. The maximum absolute atomic E-state index is 4.56. The van der Waals surface area contributed by atoms with Gasteiger partial charge >= 0.3 is 0 Å². The summed E-state index contributed by atoms with van der Waals surface area (Å²) in [5.74, 6) is 0. The number of aryl methyl sites for hydroxylation is 1. The summed E-state index contributed by atoms with van der Waals surface area (Å²) in [6.07, 6.45) is 1.89. The van der Waals surface area contributed by atoms with Gasteiger partial charge in [0, 0.05) is 11.8 Å². The minimum absolute atomic E-state index is 1.02. The van der Waals surface area contributed by atoms with E-state index < -0.39 is 0 Å². The fourth-order valence-electron chi connectivity index (χ4n) is 3.10. The Hall–Kier alpha value is -3.19. The molecule has 4 aromatic rings. The quantitative estimate of drug-likeness (QED) is 0.426. The molecular weight excluding hydrogens is 302 g/mol. The first-order valence-electron chi connectivity index (χ1n) is 8.49. The summed E-state index contributed by atoms with van der Waals surface area (Å²) in [6, 6.07) is 31.8. The Labute approximate surface area is 148 Å². The Morgan fingerprint density at radius 3 is 1.88 bits per heavy atom. The van der Waals surface area contributed by atoms with Gasteiger partial charge in [-0.3, -0.25) is 4.98 Å². The van der Waals surface area contributed by atoms with Gasteiger partial charge < -0.3 is 0 Å². The summed E-state index contributed by atoms with van der Waals surface area (Å²) in [7, 11) is 0. The van der Waals surface area contributed by atoms with Crippen molar-refractivity contribution < 1.29 is 0 Å². The molecule has 1 nitrogen and oxygen atoms in total. The molecule has 1 heteroatoms. The topological polar surface area (TPSA) is 12.9 Å². The molecule has 120 valence electrons. The molecule has 3 aromatic carbocycles. The van der Waals surface area contributed by atoms with Crippen molar-refractivity contribution in [3.63, 3.8) is 0 Å². The molecule has 4 rings (SSSR count). The number of hydrogen-bond donors (Lipinski definition) is 0. The van der Waals surface area contributed by atoms with Crippen LogP contribution in [-0.4, -0.2) is 4.98 Å². The fourth-order valence-corrected chi connectivity index (χ4v) is 3.10. The van der Waals surface area contributed by atoms with Crippen molar-refractivity contribution in [2.45, 2.75) is 6.92 Å². The van der Waals surface area contributed by atoms with E-state index in [0.717, 1.165) is 5.69 Å². The van der Waals surface area contributed by atoms with Gasteiger partial charge in [0.25, 0.3) is 0 Å². The first-order chi connectivity index (χ1) is 12.3. The van der Waals surface area contributed by atoms with Crippen LogP contribution in [0, 0.1) is 6.92 Å². The maximum atomic E-state index is 4.56. The van der Waals surface area contributed by atoms with Crippen molar-refractivity contribution in [1.29, 1.82) is 0 Å². The second-order valence-corrected chi connectivity index (χ2v) is 6.19. The van der Waals surface area contributed by atoms with Crippen molar-refractivity contribution in [2.24, 2.45) is 0 Å². The van der Waals surface area contributed by atoms with E-state index in [1.165, 1.54) is 33.4 Å². The number of hydrogen-bond acceptors (Lipinski definition) is 1. The van der Waals surface area contributed by atoms with E-state index in [9.17, 15) is 0 Å². The molecule has 0 spiro atoms. The Morgan fingerprint density at radius 1 is 0.560 bits per heavy atom. The standard InChI is InChI=1S/C24H19N/c1-18-7-5-6-10-23(18)24-17-22(15-16-25-24)21-13-11-20(12-14-21)19-8-3-2-4-9-19/h2-17H,1H3. The van der Waals surface area contributed by atoms with Gasteiger partial charge in [0.05, 0.1) is 5.69 Å². The molecule has 0 amide bonds. The van der Waals surface area contributed by atoms with Crippen molar-refractivity contribution in [3.8, 4) is 33.5 Å². The van der Waals surface area contributed by atoms with E-state index in [0.29, 0.717) is 0 Å². The van der Waals surface area contributed by atoms with Crippen LogP contribution in [-0.2, 0) is 0 Å². The van der Waals surface area contributed by atoms with Crippen molar-refractivity contribution >= 4 is 0 Å². The molecule has 0 fully saturated rings. The van der Waals surface area contributed by atoms with Crippen molar-refractivity contribution in [3.05, 3.63) is 103 Å². The zero-order chi connectivity index (χ0) is 17.1. The highest BCUT2D eigenvalue weighted by Crippen LogP contribution is 2.28. The van der Waals surface area contributed by atoms with E-state index in [1.807, 2.05) is 12.3 Å². The molecule has 0 radical (unpaired) electrons. The van der Waals surface area contributed by atoms with Crippen LogP contribution in [0.25, 0.3) is 33.5 Å². The van der Waals surface area contributed by atoms with Crippen LogP contribution in [0.5, 0.6) is 0 Å². The first-order valence-corrected chi connectivity index (χ1v) is 8.49. The Morgan fingerprint density at radius 2 is 1.16 bits per heavy atom. The first kappa shape index (κ1) is 15.3. The molecule has 0 bridgehead atoms. The minimum atomic E-state index is 1.02. The molecule has 0 unspecified atom stereocenters. The molecule has 1 aromatic heterocycles. The van der Waals surface area contributed by atoms with Crippen LogP contribution in [0.2, 0.25) is 0 Å². The normalized spacial score (nSPS) is 10.6. The number of benzene rings is 3. The summed E-state index contributed by atoms with van der Waals surface area (Å²) in [5, 5.41) is 0. The van der Waals surface area contributed by atoms with Crippen LogP contribution in [0.3, 0.4) is 0 Å². The summed E-state index contributed by atoms with van der Waals surface area (Å²) in [5.41, 5.74) is 8.31. The van der Waals surface area contributed by atoms with Gasteiger partial charge in [-0.25, -0.2) is 0 Å².